The van der Waals surface area contributed by atoms with Gasteiger partial charge in [0.15, 0.2) is 11.5 Å². The fraction of sp³-hybridized carbons (Fsp3) is 0.278. The SMILES string of the molecule is CCOc1c(Br)cc(C(=O)N[C@@H](C)c2ccc(Cl)cc2)cc1OC. The Labute approximate surface area is 155 Å². The molecule has 2 aromatic rings. The van der Waals surface area contributed by atoms with Crippen molar-refractivity contribution in [1.29, 1.82) is 0 Å². The van der Waals surface area contributed by atoms with E-state index in [1.54, 1.807) is 31.4 Å². The van der Waals surface area contributed by atoms with Crippen molar-refractivity contribution in [3.8, 4) is 11.5 Å². The number of rotatable bonds is 6. The summed E-state index contributed by atoms with van der Waals surface area (Å²) in [5.41, 5.74) is 1.47. The molecule has 0 radical (unpaired) electrons. The highest BCUT2D eigenvalue weighted by molar-refractivity contribution is 9.10. The molecule has 128 valence electrons. The third kappa shape index (κ3) is 4.42. The lowest BCUT2D eigenvalue weighted by atomic mass is 10.1. The highest BCUT2D eigenvalue weighted by Gasteiger charge is 2.17. The molecule has 0 saturated carbocycles. The van der Waals surface area contributed by atoms with Gasteiger partial charge in [-0.25, -0.2) is 0 Å². The molecule has 0 aliphatic rings. The van der Waals surface area contributed by atoms with Gasteiger partial charge >= 0.3 is 0 Å². The van der Waals surface area contributed by atoms with Crippen LogP contribution in [-0.2, 0) is 0 Å². The van der Waals surface area contributed by atoms with E-state index in [0.717, 1.165) is 5.56 Å². The normalized spacial score (nSPS) is 11.7. The second kappa shape index (κ2) is 8.40. The molecule has 0 aromatic heterocycles. The number of nitrogens with one attached hydrogen (secondary N) is 1. The Bertz CT molecular complexity index is 719. The van der Waals surface area contributed by atoms with E-state index in [4.69, 9.17) is 21.1 Å². The maximum absolute atomic E-state index is 12.5. The van der Waals surface area contributed by atoms with Crippen molar-refractivity contribution in [1.82, 2.24) is 5.32 Å². The largest absolute Gasteiger partial charge is 0.493 e. The summed E-state index contributed by atoms with van der Waals surface area (Å²) in [7, 11) is 1.54. The molecule has 0 fully saturated rings. The summed E-state index contributed by atoms with van der Waals surface area (Å²) in [5, 5.41) is 3.63. The molecular formula is C18H19BrClNO3. The number of carbonyl (C=O) groups excluding carboxylic acids is 1. The molecule has 1 amide bonds. The van der Waals surface area contributed by atoms with E-state index in [-0.39, 0.29) is 11.9 Å². The maximum Gasteiger partial charge on any atom is 0.251 e. The van der Waals surface area contributed by atoms with Crippen LogP contribution in [0.15, 0.2) is 40.9 Å². The molecule has 1 N–H and O–H groups in total. The standard InChI is InChI=1S/C18H19BrClNO3/c1-4-24-17-15(19)9-13(10-16(17)23-3)18(22)21-11(2)12-5-7-14(20)8-6-12/h5-11H,4H2,1-3H3,(H,21,22)/t11-/m0/s1. The van der Waals surface area contributed by atoms with Crippen molar-refractivity contribution >= 4 is 33.4 Å². The van der Waals surface area contributed by atoms with Crippen LogP contribution in [0.1, 0.15) is 35.8 Å². The topological polar surface area (TPSA) is 47.6 Å². The summed E-state index contributed by atoms with van der Waals surface area (Å²) < 4.78 is 11.5. The molecule has 4 nitrogen and oxygen atoms in total. The van der Waals surface area contributed by atoms with E-state index in [9.17, 15) is 4.79 Å². The molecule has 0 aliphatic carbocycles. The van der Waals surface area contributed by atoms with E-state index in [0.29, 0.717) is 33.2 Å². The van der Waals surface area contributed by atoms with Gasteiger partial charge in [0.25, 0.3) is 5.91 Å². The molecule has 0 saturated heterocycles. The van der Waals surface area contributed by atoms with Gasteiger partial charge in [-0.15, -0.1) is 0 Å². The van der Waals surface area contributed by atoms with Crippen molar-refractivity contribution in [3.05, 3.63) is 57.0 Å². The Kier molecular flexibility index (Phi) is 6.52. The van der Waals surface area contributed by atoms with Crippen LogP contribution in [0.3, 0.4) is 0 Å². The molecule has 0 unspecified atom stereocenters. The number of ether oxygens (including phenoxy) is 2. The van der Waals surface area contributed by atoms with E-state index < -0.39 is 0 Å². The van der Waals surface area contributed by atoms with Crippen LogP contribution in [0.4, 0.5) is 0 Å². The predicted molar refractivity (Wildman–Crippen MR) is 99.2 cm³/mol. The van der Waals surface area contributed by atoms with E-state index >= 15 is 0 Å². The molecule has 6 heteroatoms. The monoisotopic (exact) mass is 411 g/mol. The van der Waals surface area contributed by atoms with Crippen molar-refractivity contribution in [2.24, 2.45) is 0 Å². The Morgan fingerprint density at radius 2 is 1.96 bits per heavy atom. The molecule has 0 aliphatic heterocycles. The van der Waals surface area contributed by atoms with Gasteiger partial charge in [-0.2, -0.15) is 0 Å². The zero-order chi connectivity index (χ0) is 17.7. The van der Waals surface area contributed by atoms with Gasteiger partial charge in [-0.1, -0.05) is 23.7 Å². The van der Waals surface area contributed by atoms with Crippen LogP contribution in [0, 0.1) is 0 Å². The van der Waals surface area contributed by atoms with Crippen LogP contribution in [-0.4, -0.2) is 19.6 Å². The zero-order valence-corrected chi connectivity index (χ0v) is 16.1. The first kappa shape index (κ1) is 18.6. The van der Waals surface area contributed by atoms with Crippen molar-refractivity contribution < 1.29 is 14.3 Å². The van der Waals surface area contributed by atoms with Crippen molar-refractivity contribution in [3.63, 3.8) is 0 Å². The fourth-order valence-electron chi connectivity index (χ4n) is 2.25. The maximum atomic E-state index is 12.5. The summed E-state index contributed by atoms with van der Waals surface area (Å²) in [6.45, 7) is 4.32. The summed E-state index contributed by atoms with van der Waals surface area (Å²) in [5.74, 6) is 0.900. The molecule has 24 heavy (non-hydrogen) atoms. The highest BCUT2D eigenvalue weighted by Crippen LogP contribution is 2.36. The predicted octanol–water partition coefficient (Wildman–Crippen LogP) is 5.00. The van der Waals surface area contributed by atoms with Crippen LogP contribution in [0.2, 0.25) is 5.02 Å². The second-order valence-electron chi connectivity index (χ2n) is 5.17. The van der Waals surface area contributed by atoms with Crippen molar-refractivity contribution in [2.45, 2.75) is 19.9 Å². The van der Waals surface area contributed by atoms with Crippen LogP contribution in [0.25, 0.3) is 0 Å². The van der Waals surface area contributed by atoms with Gasteiger partial charge in [-0.3, -0.25) is 4.79 Å². The van der Waals surface area contributed by atoms with E-state index in [2.05, 4.69) is 21.2 Å². The van der Waals surface area contributed by atoms with Gasteiger partial charge < -0.3 is 14.8 Å². The zero-order valence-electron chi connectivity index (χ0n) is 13.7. The van der Waals surface area contributed by atoms with Gasteiger partial charge in [0, 0.05) is 10.6 Å². The van der Waals surface area contributed by atoms with Crippen molar-refractivity contribution in [2.75, 3.05) is 13.7 Å². The average Bonchev–Trinajstić information content (AvgIpc) is 2.57. The van der Waals surface area contributed by atoms with E-state index in [1.807, 2.05) is 26.0 Å². The summed E-state index contributed by atoms with van der Waals surface area (Å²) in [6, 6.07) is 10.6. The lowest BCUT2D eigenvalue weighted by Crippen LogP contribution is -2.26. The third-order valence-electron chi connectivity index (χ3n) is 3.50. The van der Waals surface area contributed by atoms with Crippen LogP contribution >= 0.6 is 27.5 Å². The van der Waals surface area contributed by atoms with E-state index in [1.165, 1.54) is 0 Å². The number of carbonyl (C=O) groups is 1. The summed E-state index contributed by atoms with van der Waals surface area (Å²) in [6.07, 6.45) is 0. The minimum Gasteiger partial charge on any atom is -0.493 e. The molecular weight excluding hydrogens is 394 g/mol. The molecule has 0 spiro atoms. The van der Waals surface area contributed by atoms with Gasteiger partial charge in [0.05, 0.1) is 24.2 Å². The van der Waals surface area contributed by atoms with Gasteiger partial charge in [0.2, 0.25) is 0 Å². The first-order valence-corrected chi connectivity index (χ1v) is 8.70. The Hall–Kier alpha value is -1.72. The van der Waals surface area contributed by atoms with Crippen LogP contribution < -0.4 is 14.8 Å². The first-order valence-electron chi connectivity index (χ1n) is 7.53. The second-order valence-corrected chi connectivity index (χ2v) is 6.46. The van der Waals surface area contributed by atoms with Gasteiger partial charge in [-0.05, 0) is 59.6 Å². The first-order chi connectivity index (χ1) is 11.5. The van der Waals surface area contributed by atoms with Gasteiger partial charge in [0.1, 0.15) is 0 Å². The fourth-order valence-corrected chi connectivity index (χ4v) is 2.93. The molecule has 0 heterocycles. The number of methoxy groups -OCH3 is 1. The molecule has 0 bridgehead atoms. The minimum atomic E-state index is -0.195. The molecule has 2 rings (SSSR count). The Morgan fingerprint density at radius 1 is 1.29 bits per heavy atom. The number of amides is 1. The quantitative estimate of drug-likeness (QED) is 0.726. The van der Waals surface area contributed by atoms with Crippen LogP contribution in [0.5, 0.6) is 11.5 Å². The Balaban J connectivity index is 2.20. The average molecular weight is 413 g/mol. The highest BCUT2D eigenvalue weighted by atomic mass is 79.9. The minimum absolute atomic E-state index is 0.147. The molecule has 2 aromatic carbocycles. The molecule has 1 atom stereocenters. The Morgan fingerprint density at radius 3 is 2.54 bits per heavy atom. The lowest BCUT2D eigenvalue weighted by molar-refractivity contribution is 0.0939. The number of hydrogen-bond donors (Lipinski definition) is 1. The number of hydrogen-bond acceptors (Lipinski definition) is 3. The lowest BCUT2D eigenvalue weighted by Gasteiger charge is -2.16. The number of halogens is 2. The number of benzene rings is 2. The summed E-state index contributed by atoms with van der Waals surface area (Å²) >= 11 is 9.32. The smallest absolute Gasteiger partial charge is 0.251 e. The third-order valence-corrected chi connectivity index (χ3v) is 4.34. The summed E-state index contributed by atoms with van der Waals surface area (Å²) in [4.78, 5) is 12.5.